The van der Waals surface area contributed by atoms with E-state index in [9.17, 15) is 9.59 Å². The molecule has 2 unspecified atom stereocenters. The van der Waals surface area contributed by atoms with Gasteiger partial charge in [0, 0.05) is 13.5 Å². The summed E-state index contributed by atoms with van der Waals surface area (Å²) in [5, 5.41) is 12.8. The molecule has 1 amide bonds. The van der Waals surface area contributed by atoms with Gasteiger partial charge in [0.2, 0.25) is 6.10 Å². The zero-order valence-electron chi connectivity index (χ0n) is 11.3. The van der Waals surface area contributed by atoms with Crippen LogP contribution >= 0.6 is 0 Å². The third-order valence-corrected chi connectivity index (χ3v) is 3.34. The number of nitrogens with zero attached hydrogens (tertiary/aromatic N) is 2. The largest absolute Gasteiger partial charge is 0.480 e. The molecule has 0 saturated carbocycles. The predicted octanol–water partition coefficient (Wildman–Crippen LogP) is 1.11. The fourth-order valence-electron chi connectivity index (χ4n) is 1.89. The second kappa shape index (κ2) is 5.73. The number of rotatable bonds is 4. The van der Waals surface area contributed by atoms with Gasteiger partial charge in [-0.2, -0.15) is 0 Å². The number of carbonyl (C=O) groups is 2. The molecule has 1 aromatic carbocycles. The van der Waals surface area contributed by atoms with E-state index in [0.29, 0.717) is 12.1 Å². The summed E-state index contributed by atoms with van der Waals surface area (Å²) in [6.45, 7) is 1.45. The lowest BCUT2D eigenvalue weighted by Gasteiger charge is -2.23. The highest BCUT2D eigenvalue weighted by molar-refractivity contribution is 6.04. The molecule has 1 heterocycles. The summed E-state index contributed by atoms with van der Waals surface area (Å²) in [6, 6.07) is 8.53. The Morgan fingerprint density at radius 1 is 1.40 bits per heavy atom. The fourth-order valence-corrected chi connectivity index (χ4v) is 1.89. The molecule has 6 heteroatoms. The van der Waals surface area contributed by atoms with Gasteiger partial charge in [0.15, 0.2) is 0 Å². The van der Waals surface area contributed by atoms with Crippen molar-refractivity contribution in [1.29, 1.82) is 0 Å². The molecule has 20 heavy (non-hydrogen) atoms. The van der Waals surface area contributed by atoms with E-state index >= 15 is 0 Å². The van der Waals surface area contributed by atoms with Crippen LogP contribution in [0.5, 0.6) is 0 Å². The smallest absolute Gasteiger partial charge is 0.326 e. The third kappa shape index (κ3) is 2.79. The first kappa shape index (κ1) is 14.0. The maximum atomic E-state index is 12.1. The first-order valence-corrected chi connectivity index (χ1v) is 6.28. The molecule has 1 aliphatic heterocycles. The average molecular weight is 276 g/mol. The molecule has 0 spiro atoms. The summed E-state index contributed by atoms with van der Waals surface area (Å²) in [6.07, 6.45) is -0.406. The van der Waals surface area contributed by atoms with Crippen molar-refractivity contribution in [3.8, 4) is 0 Å². The third-order valence-electron chi connectivity index (χ3n) is 3.34. The first-order chi connectivity index (χ1) is 9.50. The average Bonchev–Trinajstić information content (AvgIpc) is 2.95. The summed E-state index contributed by atoms with van der Waals surface area (Å²) in [7, 11) is 1.45. The van der Waals surface area contributed by atoms with Gasteiger partial charge in [0.1, 0.15) is 6.04 Å². The number of benzene rings is 1. The van der Waals surface area contributed by atoms with Crippen LogP contribution in [0.1, 0.15) is 18.9 Å². The van der Waals surface area contributed by atoms with Crippen molar-refractivity contribution in [2.24, 2.45) is 5.16 Å². The number of aliphatic carboxylic acids is 1. The van der Waals surface area contributed by atoms with Crippen molar-refractivity contribution >= 4 is 17.6 Å². The maximum absolute atomic E-state index is 12.1. The van der Waals surface area contributed by atoms with Crippen molar-refractivity contribution in [3.63, 3.8) is 0 Å². The number of carbonyl (C=O) groups excluding carboxylic acids is 1. The molecule has 0 bridgehead atoms. The Labute approximate surface area is 116 Å². The normalized spacial score (nSPS) is 18.9. The Morgan fingerprint density at radius 3 is 2.65 bits per heavy atom. The molecule has 6 nitrogen and oxygen atoms in total. The second-order valence-electron chi connectivity index (χ2n) is 4.67. The highest BCUT2D eigenvalue weighted by Gasteiger charge is 2.34. The molecule has 0 saturated heterocycles. The van der Waals surface area contributed by atoms with E-state index in [-0.39, 0.29) is 5.91 Å². The van der Waals surface area contributed by atoms with Gasteiger partial charge in [-0.1, -0.05) is 35.5 Å². The van der Waals surface area contributed by atoms with Crippen LogP contribution in [0.3, 0.4) is 0 Å². The van der Waals surface area contributed by atoms with Gasteiger partial charge >= 0.3 is 5.97 Å². The molecular weight excluding hydrogens is 260 g/mol. The summed E-state index contributed by atoms with van der Waals surface area (Å²) in [5.41, 5.74) is 1.59. The number of carboxylic acid groups (broad SMARTS) is 1. The SMILES string of the molecule is CC(C(=O)O)N(C)C(=O)C1CC(c2ccccc2)=NO1. The van der Waals surface area contributed by atoms with Crippen molar-refractivity contribution in [2.45, 2.75) is 25.5 Å². The molecule has 1 aromatic rings. The highest BCUT2D eigenvalue weighted by Crippen LogP contribution is 2.18. The van der Waals surface area contributed by atoms with Gasteiger partial charge in [-0.05, 0) is 12.5 Å². The van der Waals surface area contributed by atoms with E-state index in [1.165, 1.54) is 14.0 Å². The Hall–Kier alpha value is -2.37. The van der Waals surface area contributed by atoms with Crippen LogP contribution in [0.25, 0.3) is 0 Å². The minimum Gasteiger partial charge on any atom is -0.480 e. The van der Waals surface area contributed by atoms with Gasteiger partial charge in [-0.15, -0.1) is 0 Å². The summed E-state index contributed by atoms with van der Waals surface area (Å²) >= 11 is 0. The van der Waals surface area contributed by atoms with E-state index in [0.717, 1.165) is 10.5 Å². The van der Waals surface area contributed by atoms with Crippen LogP contribution in [0.4, 0.5) is 0 Å². The standard InChI is InChI=1S/C14H16N2O4/c1-9(14(18)19)16(2)13(17)12-8-11(15-20-12)10-6-4-3-5-7-10/h3-7,9,12H,8H2,1-2H3,(H,18,19). The number of carboxylic acids is 1. The molecular formula is C14H16N2O4. The van der Waals surface area contributed by atoms with E-state index in [1.807, 2.05) is 30.3 Å². The van der Waals surface area contributed by atoms with Gasteiger partial charge in [-0.3, -0.25) is 4.79 Å². The van der Waals surface area contributed by atoms with Crippen molar-refractivity contribution < 1.29 is 19.5 Å². The van der Waals surface area contributed by atoms with Gasteiger partial charge < -0.3 is 14.8 Å². The number of likely N-dealkylation sites (N-methyl/N-ethyl adjacent to an activating group) is 1. The summed E-state index contributed by atoms with van der Waals surface area (Å²) in [4.78, 5) is 29.3. The van der Waals surface area contributed by atoms with E-state index in [2.05, 4.69) is 5.16 Å². The van der Waals surface area contributed by atoms with Gasteiger partial charge in [0.25, 0.3) is 5.91 Å². The number of oxime groups is 1. The van der Waals surface area contributed by atoms with Crippen LogP contribution in [-0.2, 0) is 14.4 Å². The molecule has 2 atom stereocenters. The number of amides is 1. The lowest BCUT2D eigenvalue weighted by molar-refractivity contribution is -0.152. The van der Waals surface area contributed by atoms with E-state index in [4.69, 9.17) is 9.94 Å². The number of hydrogen-bond donors (Lipinski definition) is 1. The van der Waals surface area contributed by atoms with E-state index in [1.54, 1.807) is 0 Å². The van der Waals surface area contributed by atoms with Crippen LogP contribution in [0.2, 0.25) is 0 Å². The van der Waals surface area contributed by atoms with Crippen molar-refractivity contribution in [2.75, 3.05) is 7.05 Å². The topological polar surface area (TPSA) is 79.2 Å². The van der Waals surface area contributed by atoms with Gasteiger partial charge in [-0.25, -0.2) is 4.79 Å². The Morgan fingerprint density at radius 2 is 2.05 bits per heavy atom. The molecule has 0 fully saturated rings. The van der Waals surface area contributed by atoms with Crippen LogP contribution in [0, 0.1) is 0 Å². The zero-order chi connectivity index (χ0) is 14.7. The molecule has 106 valence electrons. The second-order valence-corrected chi connectivity index (χ2v) is 4.67. The summed E-state index contributed by atoms with van der Waals surface area (Å²) < 4.78 is 0. The Bertz CT molecular complexity index is 541. The highest BCUT2D eigenvalue weighted by atomic mass is 16.6. The predicted molar refractivity (Wildman–Crippen MR) is 72.3 cm³/mol. The molecule has 1 aliphatic rings. The van der Waals surface area contributed by atoms with Crippen molar-refractivity contribution in [3.05, 3.63) is 35.9 Å². The Balaban J connectivity index is 2.01. The lowest BCUT2D eigenvalue weighted by Crippen LogP contribution is -2.45. The molecule has 0 aliphatic carbocycles. The van der Waals surface area contributed by atoms with E-state index < -0.39 is 18.1 Å². The summed E-state index contributed by atoms with van der Waals surface area (Å²) in [5.74, 6) is -1.43. The van der Waals surface area contributed by atoms with Gasteiger partial charge in [0.05, 0.1) is 5.71 Å². The fraction of sp³-hybridized carbons (Fsp3) is 0.357. The zero-order valence-corrected chi connectivity index (χ0v) is 11.3. The minimum absolute atomic E-state index is 0.347. The number of hydrogen-bond acceptors (Lipinski definition) is 4. The monoisotopic (exact) mass is 276 g/mol. The van der Waals surface area contributed by atoms with Crippen molar-refractivity contribution in [1.82, 2.24) is 4.90 Å². The first-order valence-electron chi connectivity index (χ1n) is 6.28. The van der Waals surface area contributed by atoms with Crippen LogP contribution in [0.15, 0.2) is 35.5 Å². The molecule has 0 radical (unpaired) electrons. The Kier molecular flexibility index (Phi) is 4.02. The van der Waals surface area contributed by atoms with Crippen LogP contribution in [-0.4, -0.2) is 46.8 Å². The minimum atomic E-state index is -1.05. The lowest BCUT2D eigenvalue weighted by atomic mass is 10.0. The van der Waals surface area contributed by atoms with Crippen LogP contribution < -0.4 is 0 Å². The quantitative estimate of drug-likeness (QED) is 0.893. The molecule has 2 rings (SSSR count). The maximum Gasteiger partial charge on any atom is 0.326 e. The molecule has 1 N–H and O–H groups in total. The molecule has 0 aromatic heterocycles.